The lowest BCUT2D eigenvalue weighted by Crippen LogP contribution is -2.45. The van der Waals surface area contributed by atoms with Gasteiger partial charge in [-0.1, -0.05) is 12.1 Å². The summed E-state index contributed by atoms with van der Waals surface area (Å²) in [7, 11) is 1.12. The van der Waals surface area contributed by atoms with Crippen LogP contribution in [0.2, 0.25) is 0 Å². The summed E-state index contributed by atoms with van der Waals surface area (Å²) in [4.78, 5) is 36.9. The Labute approximate surface area is 158 Å². The number of rotatable bonds is 4. The van der Waals surface area contributed by atoms with Crippen LogP contribution < -0.4 is 5.32 Å². The highest BCUT2D eigenvalue weighted by atomic mass is 19.1. The zero-order valence-corrected chi connectivity index (χ0v) is 14.6. The van der Waals surface area contributed by atoms with Crippen LogP contribution in [0.15, 0.2) is 54.1 Å². The van der Waals surface area contributed by atoms with E-state index in [-0.39, 0.29) is 16.8 Å². The van der Waals surface area contributed by atoms with E-state index in [0.717, 1.165) is 31.4 Å². The number of carboxylic acid groups (broad SMARTS) is 1. The van der Waals surface area contributed by atoms with Crippen molar-refractivity contribution in [1.82, 2.24) is 5.32 Å². The van der Waals surface area contributed by atoms with Crippen molar-refractivity contribution in [2.45, 2.75) is 5.92 Å². The van der Waals surface area contributed by atoms with E-state index in [0.29, 0.717) is 5.56 Å². The van der Waals surface area contributed by atoms with Gasteiger partial charge in [0.15, 0.2) is 0 Å². The lowest BCUT2D eigenvalue weighted by Gasteiger charge is -2.32. The molecule has 28 heavy (non-hydrogen) atoms. The molecule has 8 heteroatoms. The van der Waals surface area contributed by atoms with Crippen LogP contribution in [-0.2, 0) is 19.1 Å². The maximum absolute atomic E-state index is 13.4. The molecule has 2 N–H and O–H groups in total. The Balaban J connectivity index is 2.29. The maximum Gasteiger partial charge on any atom is 0.336 e. The first-order valence-electron chi connectivity index (χ1n) is 8.21. The summed E-state index contributed by atoms with van der Waals surface area (Å²) in [5.74, 6) is -7.11. The maximum atomic E-state index is 13.4. The molecule has 0 bridgehead atoms. The number of carboxylic acids is 1. The zero-order valence-electron chi connectivity index (χ0n) is 14.6. The van der Waals surface area contributed by atoms with E-state index in [4.69, 9.17) is 4.74 Å². The molecule has 0 spiro atoms. The second kappa shape index (κ2) is 7.59. The molecule has 2 aromatic carbocycles. The summed E-state index contributed by atoms with van der Waals surface area (Å²) in [6, 6.07) is 9.78. The first-order chi connectivity index (χ1) is 13.3. The van der Waals surface area contributed by atoms with Crippen molar-refractivity contribution in [3.8, 4) is 0 Å². The minimum atomic E-state index is -1.64. The molecule has 2 atom stereocenters. The van der Waals surface area contributed by atoms with E-state index < -0.39 is 41.3 Å². The molecule has 2 aromatic rings. The number of halogens is 2. The molecule has 2 unspecified atom stereocenters. The van der Waals surface area contributed by atoms with Gasteiger partial charge in [0.25, 0.3) is 0 Å². The first-order valence-corrected chi connectivity index (χ1v) is 8.21. The number of carbonyl (C=O) groups excluding carboxylic acids is 2. The lowest BCUT2D eigenvalue weighted by atomic mass is 9.75. The number of nitrogens with one attached hydrogen (secondary N) is 1. The number of aliphatic carboxylic acids is 1. The quantitative estimate of drug-likeness (QED) is 0.621. The molecule has 144 valence electrons. The van der Waals surface area contributed by atoms with Gasteiger partial charge < -0.3 is 15.2 Å². The summed E-state index contributed by atoms with van der Waals surface area (Å²) in [5, 5.41) is 12.0. The van der Waals surface area contributed by atoms with E-state index in [1.54, 1.807) is 0 Å². The molecule has 0 radical (unpaired) electrons. The van der Waals surface area contributed by atoms with E-state index >= 15 is 0 Å². The van der Waals surface area contributed by atoms with Crippen LogP contribution in [0.1, 0.15) is 17.0 Å². The Morgan fingerprint density at radius 2 is 1.54 bits per heavy atom. The fraction of sp³-hybridized carbons (Fsp3) is 0.150. The Kier molecular flexibility index (Phi) is 5.21. The number of methoxy groups -OCH3 is 1. The number of hydrogen-bond donors (Lipinski definition) is 2. The molecule has 1 heterocycles. The third kappa shape index (κ3) is 3.48. The van der Waals surface area contributed by atoms with E-state index in [1.807, 2.05) is 0 Å². The average Bonchev–Trinajstić information content (AvgIpc) is 2.67. The summed E-state index contributed by atoms with van der Waals surface area (Å²) in [5.41, 5.74) is 0.450. The van der Waals surface area contributed by atoms with Gasteiger partial charge in [-0.15, -0.1) is 0 Å². The third-order valence-corrected chi connectivity index (χ3v) is 4.48. The monoisotopic (exact) mass is 387 g/mol. The van der Waals surface area contributed by atoms with E-state index in [2.05, 4.69) is 5.32 Å². The predicted molar refractivity (Wildman–Crippen MR) is 93.7 cm³/mol. The first kappa shape index (κ1) is 19.2. The second-order valence-corrected chi connectivity index (χ2v) is 6.12. The highest BCUT2D eigenvalue weighted by Crippen LogP contribution is 2.40. The van der Waals surface area contributed by atoms with Crippen LogP contribution >= 0.6 is 0 Å². The highest BCUT2D eigenvalue weighted by Gasteiger charge is 2.46. The molecule has 0 fully saturated rings. The summed E-state index contributed by atoms with van der Waals surface area (Å²) >= 11 is 0. The van der Waals surface area contributed by atoms with Gasteiger partial charge in [-0.2, -0.15) is 0 Å². The number of amides is 1. The van der Waals surface area contributed by atoms with Crippen molar-refractivity contribution >= 4 is 23.5 Å². The summed E-state index contributed by atoms with van der Waals surface area (Å²) in [6.45, 7) is 0. The molecule has 1 aliphatic rings. The van der Waals surface area contributed by atoms with Gasteiger partial charge in [-0.25, -0.2) is 13.6 Å². The average molecular weight is 387 g/mol. The van der Waals surface area contributed by atoms with Gasteiger partial charge >= 0.3 is 11.9 Å². The molecular weight excluding hydrogens is 372 g/mol. The number of hydrogen-bond acceptors (Lipinski definition) is 4. The Morgan fingerprint density at radius 1 is 1.00 bits per heavy atom. The summed E-state index contributed by atoms with van der Waals surface area (Å²) in [6.07, 6.45) is 0. The highest BCUT2D eigenvalue weighted by molar-refractivity contribution is 6.11. The van der Waals surface area contributed by atoms with Crippen LogP contribution in [0, 0.1) is 17.6 Å². The SMILES string of the molecule is COC(=O)C1=C(c2ccc(F)cc2)NC(=O)C(C(=O)O)C1c1ccc(F)cc1. The molecule has 0 aliphatic carbocycles. The largest absolute Gasteiger partial charge is 0.481 e. The smallest absolute Gasteiger partial charge is 0.336 e. The molecule has 6 nitrogen and oxygen atoms in total. The topological polar surface area (TPSA) is 92.7 Å². The van der Waals surface area contributed by atoms with E-state index in [9.17, 15) is 28.3 Å². The van der Waals surface area contributed by atoms with Crippen molar-refractivity contribution < 1.29 is 33.0 Å². The fourth-order valence-corrected chi connectivity index (χ4v) is 3.21. The third-order valence-electron chi connectivity index (χ3n) is 4.48. The molecule has 0 saturated heterocycles. The van der Waals surface area contributed by atoms with Crippen LogP contribution in [0.4, 0.5) is 8.78 Å². The van der Waals surface area contributed by atoms with Crippen molar-refractivity contribution in [2.24, 2.45) is 5.92 Å². The standard InChI is InChI=1S/C20H15F2NO5/c1-28-20(27)15-14(10-2-6-12(21)7-3-10)16(19(25)26)18(24)23-17(15)11-4-8-13(22)9-5-11/h2-9,14,16H,1H3,(H,23,24)(H,25,26). The van der Waals surface area contributed by atoms with Crippen molar-refractivity contribution in [1.29, 1.82) is 0 Å². The zero-order chi connectivity index (χ0) is 20.4. The second-order valence-electron chi connectivity index (χ2n) is 6.12. The Hall–Kier alpha value is -3.55. The number of carbonyl (C=O) groups is 3. The molecule has 0 saturated carbocycles. The van der Waals surface area contributed by atoms with Crippen molar-refractivity contribution in [3.05, 3.63) is 76.9 Å². The molecule has 0 aromatic heterocycles. The van der Waals surface area contributed by atoms with Gasteiger partial charge in [0.05, 0.1) is 18.4 Å². The van der Waals surface area contributed by atoms with Crippen molar-refractivity contribution in [3.63, 3.8) is 0 Å². The lowest BCUT2D eigenvalue weighted by molar-refractivity contribution is -0.147. The summed E-state index contributed by atoms with van der Waals surface area (Å²) < 4.78 is 31.5. The van der Waals surface area contributed by atoms with Gasteiger partial charge in [0, 0.05) is 5.92 Å². The molecule has 1 aliphatic heterocycles. The van der Waals surface area contributed by atoms with Crippen LogP contribution in [-0.4, -0.2) is 30.1 Å². The van der Waals surface area contributed by atoms with E-state index in [1.165, 1.54) is 24.3 Å². The van der Waals surface area contributed by atoms with Crippen LogP contribution in [0.3, 0.4) is 0 Å². The van der Waals surface area contributed by atoms with Crippen LogP contribution in [0.25, 0.3) is 5.70 Å². The normalized spacial score (nSPS) is 19.2. The van der Waals surface area contributed by atoms with Crippen molar-refractivity contribution in [2.75, 3.05) is 7.11 Å². The number of ether oxygens (including phenoxy) is 1. The molecule has 3 rings (SSSR count). The van der Waals surface area contributed by atoms with Crippen LogP contribution in [0.5, 0.6) is 0 Å². The van der Waals surface area contributed by atoms with Gasteiger partial charge in [-0.05, 0) is 47.5 Å². The molecular formula is C20H15F2NO5. The number of benzene rings is 2. The van der Waals surface area contributed by atoms with Gasteiger partial charge in [-0.3, -0.25) is 9.59 Å². The molecule has 1 amide bonds. The Morgan fingerprint density at radius 3 is 2.04 bits per heavy atom. The Bertz CT molecular complexity index is 967. The van der Waals surface area contributed by atoms with Gasteiger partial charge in [0.2, 0.25) is 5.91 Å². The predicted octanol–water partition coefficient (Wildman–Crippen LogP) is 2.46. The minimum Gasteiger partial charge on any atom is -0.481 e. The minimum absolute atomic E-state index is 0.0173. The van der Waals surface area contributed by atoms with Gasteiger partial charge in [0.1, 0.15) is 17.6 Å². The number of esters is 1. The fourth-order valence-electron chi connectivity index (χ4n) is 3.21.